The van der Waals surface area contributed by atoms with Crippen LogP contribution in [0, 0.1) is 18.8 Å². The predicted molar refractivity (Wildman–Crippen MR) is 152 cm³/mol. The molecule has 3 aromatic carbocycles. The summed E-state index contributed by atoms with van der Waals surface area (Å²) in [6.45, 7) is 8.20. The van der Waals surface area contributed by atoms with E-state index in [-0.39, 0.29) is 5.97 Å². The molecule has 0 atom stereocenters. The van der Waals surface area contributed by atoms with Crippen LogP contribution in [0.2, 0.25) is 5.02 Å². The van der Waals surface area contributed by atoms with Crippen LogP contribution in [-0.2, 0) is 9.53 Å². The SMILES string of the molecule is CCC(=O)Oc1ccc(OCC=C(c2ccc(Cl)cc2)c2ccc(C#CCN3CCOCC3)cc2)cc1C. The summed E-state index contributed by atoms with van der Waals surface area (Å²) in [7, 11) is 0. The largest absolute Gasteiger partial charge is 0.489 e. The van der Waals surface area contributed by atoms with Crippen molar-refractivity contribution in [2.75, 3.05) is 39.5 Å². The third kappa shape index (κ3) is 7.97. The summed E-state index contributed by atoms with van der Waals surface area (Å²) in [5.74, 6) is 7.54. The summed E-state index contributed by atoms with van der Waals surface area (Å²) in [6.07, 6.45) is 2.39. The second-order valence-corrected chi connectivity index (χ2v) is 9.39. The normalized spacial score (nSPS) is 13.9. The highest BCUT2D eigenvalue weighted by Gasteiger charge is 2.09. The van der Waals surface area contributed by atoms with Crippen LogP contribution in [0.3, 0.4) is 0 Å². The maximum absolute atomic E-state index is 11.6. The molecule has 1 aliphatic heterocycles. The van der Waals surface area contributed by atoms with Gasteiger partial charge in [-0.3, -0.25) is 9.69 Å². The number of rotatable bonds is 8. The maximum atomic E-state index is 11.6. The van der Waals surface area contributed by atoms with Gasteiger partial charge in [-0.05, 0) is 77.7 Å². The minimum Gasteiger partial charge on any atom is -0.489 e. The van der Waals surface area contributed by atoms with Crippen LogP contribution in [-0.4, -0.2) is 50.3 Å². The first-order valence-corrected chi connectivity index (χ1v) is 13.2. The fraction of sp³-hybridized carbons (Fsp3) is 0.281. The van der Waals surface area contributed by atoms with Crippen LogP contribution in [0.5, 0.6) is 11.5 Å². The van der Waals surface area contributed by atoms with Gasteiger partial charge in [-0.25, -0.2) is 0 Å². The standard InChI is InChI=1S/C32H32ClNO4/c1-3-32(35)38-31-15-14-29(23-24(31)2)37-20-16-30(27-10-12-28(33)13-11-27)26-8-6-25(7-9-26)5-4-17-34-18-21-36-22-19-34/h6-16,23H,3,17-22H2,1-2H3. The molecule has 4 rings (SSSR count). The number of morpholine rings is 1. The van der Waals surface area contributed by atoms with Crippen molar-refractivity contribution in [3.8, 4) is 23.3 Å². The molecule has 0 unspecified atom stereocenters. The van der Waals surface area contributed by atoms with E-state index in [0.29, 0.717) is 29.5 Å². The van der Waals surface area contributed by atoms with Gasteiger partial charge < -0.3 is 14.2 Å². The first-order chi connectivity index (χ1) is 18.5. The Kier molecular flexibility index (Phi) is 10.0. The van der Waals surface area contributed by atoms with Crippen LogP contribution in [0.1, 0.15) is 35.6 Å². The van der Waals surface area contributed by atoms with E-state index >= 15 is 0 Å². The molecule has 1 saturated heterocycles. The molecule has 3 aromatic rings. The van der Waals surface area contributed by atoms with Crippen molar-refractivity contribution in [2.24, 2.45) is 0 Å². The van der Waals surface area contributed by atoms with E-state index in [1.165, 1.54) is 0 Å². The molecule has 1 fully saturated rings. The van der Waals surface area contributed by atoms with Gasteiger partial charge in [0, 0.05) is 30.1 Å². The van der Waals surface area contributed by atoms with E-state index < -0.39 is 0 Å². The predicted octanol–water partition coefficient (Wildman–Crippen LogP) is 6.16. The maximum Gasteiger partial charge on any atom is 0.310 e. The molecule has 0 spiro atoms. The van der Waals surface area contributed by atoms with E-state index in [2.05, 4.69) is 34.9 Å². The fourth-order valence-electron chi connectivity index (χ4n) is 4.02. The van der Waals surface area contributed by atoms with Gasteiger partial charge in [0.15, 0.2) is 0 Å². The number of aryl methyl sites for hydroxylation is 1. The molecule has 5 nitrogen and oxygen atoms in total. The van der Waals surface area contributed by atoms with Gasteiger partial charge in [0.25, 0.3) is 0 Å². The van der Waals surface area contributed by atoms with Gasteiger partial charge in [0.1, 0.15) is 18.1 Å². The Bertz CT molecular complexity index is 1310. The zero-order valence-electron chi connectivity index (χ0n) is 21.8. The molecule has 0 aromatic heterocycles. The van der Waals surface area contributed by atoms with E-state index in [1.807, 2.05) is 55.5 Å². The summed E-state index contributed by atoms with van der Waals surface area (Å²) in [4.78, 5) is 13.9. The Morgan fingerprint density at radius 2 is 1.71 bits per heavy atom. The fourth-order valence-corrected chi connectivity index (χ4v) is 4.15. The summed E-state index contributed by atoms with van der Waals surface area (Å²) >= 11 is 6.14. The minimum absolute atomic E-state index is 0.258. The van der Waals surface area contributed by atoms with Gasteiger partial charge in [-0.1, -0.05) is 54.6 Å². The molecule has 0 N–H and O–H groups in total. The minimum atomic E-state index is -0.258. The molecule has 0 saturated carbocycles. The monoisotopic (exact) mass is 529 g/mol. The van der Waals surface area contributed by atoms with Crippen molar-refractivity contribution in [3.63, 3.8) is 0 Å². The molecule has 196 valence electrons. The van der Waals surface area contributed by atoms with Crippen LogP contribution in [0.25, 0.3) is 5.57 Å². The van der Waals surface area contributed by atoms with Crippen LogP contribution in [0.4, 0.5) is 0 Å². The average molecular weight is 530 g/mol. The van der Waals surface area contributed by atoms with E-state index in [4.69, 9.17) is 25.8 Å². The number of halogens is 1. The second kappa shape index (κ2) is 13.8. The number of carbonyl (C=O) groups is 1. The van der Waals surface area contributed by atoms with Crippen molar-refractivity contribution in [1.82, 2.24) is 4.90 Å². The van der Waals surface area contributed by atoms with E-state index in [1.54, 1.807) is 13.0 Å². The van der Waals surface area contributed by atoms with Crippen molar-refractivity contribution in [2.45, 2.75) is 20.3 Å². The lowest BCUT2D eigenvalue weighted by atomic mass is 9.97. The molecule has 0 amide bonds. The highest BCUT2D eigenvalue weighted by molar-refractivity contribution is 6.30. The zero-order chi connectivity index (χ0) is 26.7. The molecular weight excluding hydrogens is 498 g/mol. The Morgan fingerprint density at radius 1 is 1.03 bits per heavy atom. The number of ether oxygens (including phenoxy) is 3. The number of nitrogens with zero attached hydrogens (tertiary/aromatic N) is 1. The molecule has 0 aliphatic carbocycles. The molecule has 0 bridgehead atoms. The molecule has 1 aliphatic rings. The van der Waals surface area contributed by atoms with Gasteiger partial charge in [0.2, 0.25) is 0 Å². The molecule has 1 heterocycles. The number of carbonyl (C=O) groups excluding carboxylic acids is 1. The van der Waals surface area contributed by atoms with E-state index in [9.17, 15) is 4.79 Å². The Balaban J connectivity index is 1.47. The lowest BCUT2D eigenvalue weighted by molar-refractivity contribution is -0.134. The van der Waals surface area contributed by atoms with Crippen LogP contribution in [0.15, 0.2) is 72.8 Å². The third-order valence-electron chi connectivity index (χ3n) is 6.19. The summed E-state index contributed by atoms with van der Waals surface area (Å²) < 4.78 is 16.8. The lowest BCUT2D eigenvalue weighted by Crippen LogP contribution is -2.36. The average Bonchev–Trinajstić information content (AvgIpc) is 2.94. The summed E-state index contributed by atoms with van der Waals surface area (Å²) in [5, 5.41) is 0.689. The van der Waals surface area contributed by atoms with Gasteiger partial charge in [-0.2, -0.15) is 0 Å². The highest BCUT2D eigenvalue weighted by Crippen LogP contribution is 2.27. The topological polar surface area (TPSA) is 48.0 Å². The third-order valence-corrected chi connectivity index (χ3v) is 6.44. The molecule has 6 heteroatoms. The number of benzene rings is 3. The Hall–Kier alpha value is -3.56. The lowest BCUT2D eigenvalue weighted by Gasteiger charge is -2.24. The number of esters is 1. The molecule has 0 radical (unpaired) electrons. The first kappa shape index (κ1) is 27.5. The summed E-state index contributed by atoms with van der Waals surface area (Å²) in [5.41, 5.74) is 4.97. The van der Waals surface area contributed by atoms with Gasteiger partial charge in [-0.15, -0.1) is 0 Å². The second-order valence-electron chi connectivity index (χ2n) is 8.96. The molecular formula is C32H32ClNO4. The number of hydrogen-bond acceptors (Lipinski definition) is 5. The molecule has 38 heavy (non-hydrogen) atoms. The Morgan fingerprint density at radius 3 is 2.37 bits per heavy atom. The number of hydrogen-bond donors (Lipinski definition) is 0. The quantitative estimate of drug-likeness (QED) is 0.199. The van der Waals surface area contributed by atoms with E-state index in [0.717, 1.165) is 60.7 Å². The smallest absolute Gasteiger partial charge is 0.310 e. The summed E-state index contributed by atoms with van der Waals surface area (Å²) in [6, 6.07) is 21.5. The first-order valence-electron chi connectivity index (χ1n) is 12.8. The highest BCUT2D eigenvalue weighted by atomic mass is 35.5. The van der Waals surface area contributed by atoms with Crippen molar-refractivity contribution >= 4 is 23.1 Å². The zero-order valence-corrected chi connectivity index (χ0v) is 22.6. The Labute approximate surface area is 230 Å². The van der Waals surface area contributed by atoms with Crippen LogP contribution >= 0.6 is 11.6 Å². The van der Waals surface area contributed by atoms with Crippen molar-refractivity contribution in [1.29, 1.82) is 0 Å². The van der Waals surface area contributed by atoms with Crippen molar-refractivity contribution < 1.29 is 19.0 Å². The van der Waals surface area contributed by atoms with Crippen LogP contribution < -0.4 is 9.47 Å². The van der Waals surface area contributed by atoms with Gasteiger partial charge >= 0.3 is 5.97 Å². The van der Waals surface area contributed by atoms with Crippen molar-refractivity contribution in [3.05, 3.63) is 100 Å². The van der Waals surface area contributed by atoms with Gasteiger partial charge in [0.05, 0.1) is 19.8 Å².